The van der Waals surface area contributed by atoms with E-state index >= 15 is 0 Å². The number of halogens is 1. The Bertz CT molecular complexity index is 744. The van der Waals surface area contributed by atoms with Crippen molar-refractivity contribution < 1.29 is 4.79 Å². The van der Waals surface area contributed by atoms with Gasteiger partial charge in [-0.3, -0.25) is 19.6 Å². The molecule has 0 saturated carbocycles. The molecule has 2 heterocycles. The van der Waals surface area contributed by atoms with Crippen LogP contribution in [0.1, 0.15) is 16.7 Å². The van der Waals surface area contributed by atoms with E-state index in [0.29, 0.717) is 18.1 Å². The van der Waals surface area contributed by atoms with Crippen molar-refractivity contribution in [2.45, 2.75) is 20.0 Å². The molecule has 1 amide bonds. The highest BCUT2D eigenvalue weighted by molar-refractivity contribution is 6.31. The third-order valence-corrected chi connectivity index (χ3v) is 5.18. The number of nitrogens with one attached hydrogen (secondary N) is 1. The highest BCUT2D eigenvalue weighted by Gasteiger charge is 2.19. The summed E-state index contributed by atoms with van der Waals surface area (Å²) in [5, 5.41) is 3.65. The van der Waals surface area contributed by atoms with Crippen molar-refractivity contribution in [1.29, 1.82) is 0 Å². The van der Waals surface area contributed by atoms with Crippen molar-refractivity contribution in [3.8, 4) is 0 Å². The van der Waals surface area contributed by atoms with Crippen molar-refractivity contribution in [3.05, 3.63) is 64.4 Å². The van der Waals surface area contributed by atoms with Crippen LogP contribution in [-0.2, 0) is 17.9 Å². The van der Waals surface area contributed by atoms with Gasteiger partial charge in [0, 0.05) is 56.7 Å². The van der Waals surface area contributed by atoms with Crippen LogP contribution in [0.4, 0.5) is 0 Å². The summed E-state index contributed by atoms with van der Waals surface area (Å²) >= 11 is 6.12. The molecular formula is C20H25ClN4O. The summed E-state index contributed by atoms with van der Waals surface area (Å²) < 4.78 is 0. The molecule has 1 aliphatic rings. The number of rotatable bonds is 6. The van der Waals surface area contributed by atoms with Gasteiger partial charge in [-0.05, 0) is 35.7 Å². The lowest BCUT2D eigenvalue weighted by atomic mass is 10.1. The maximum atomic E-state index is 12.2. The number of piperazine rings is 1. The van der Waals surface area contributed by atoms with Gasteiger partial charge in [-0.2, -0.15) is 0 Å². The lowest BCUT2D eigenvalue weighted by molar-refractivity contribution is -0.122. The summed E-state index contributed by atoms with van der Waals surface area (Å²) in [5.41, 5.74) is 3.50. The zero-order valence-corrected chi connectivity index (χ0v) is 15.9. The summed E-state index contributed by atoms with van der Waals surface area (Å²) in [6, 6.07) is 9.64. The molecule has 1 fully saturated rings. The number of carbonyl (C=O) groups is 1. The van der Waals surface area contributed by atoms with E-state index in [1.54, 1.807) is 0 Å². The molecule has 0 unspecified atom stereocenters. The van der Waals surface area contributed by atoms with Crippen molar-refractivity contribution in [1.82, 2.24) is 20.1 Å². The molecule has 0 aliphatic carbocycles. The van der Waals surface area contributed by atoms with Crippen LogP contribution in [-0.4, -0.2) is 53.4 Å². The highest BCUT2D eigenvalue weighted by atomic mass is 35.5. The monoisotopic (exact) mass is 372 g/mol. The lowest BCUT2D eigenvalue weighted by Crippen LogP contribution is -2.49. The number of hydrogen-bond donors (Lipinski definition) is 1. The molecule has 1 aromatic carbocycles. The minimum Gasteiger partial charge on any atom is -0.351 e. The minimum absolute atomic E-state index is 0.0430. The molecule has 1 aliphatic heterocycles. The third-order valence-electron chi connectivity index (χ3n) is 4.81. The predicted octanol–water partition coefficient (Wildman–Crippen LogP) is 2.48. The molecule has 1 aromatic heterocycles. The van der Waals surface area contributed by atoms with E-state index in [9.17, 15) is 4.79 Å². The van der Waals surface area contributed by atoms with Gasteiger partial charge in [0.15, 0.2) is 0 Å². The van der Waals surface area contributed by atoms with E-state index < -0.39 is 0 Å². The van der Waals surface area contributed by atoms with Crippen LogP contribution >= 0.6 is 11.6 Å². The second kappa shape index (κ2) is 9.12. The number of benzene rings is 1. The fourth-order valence-electron chi connectivity index (χ4n) is 3.10. The van der Waals surface area contributed by atoms with E-state index in [0.717, 1.165) is 38.3 Å². The molecular weight excluding hydrogens is 348 g/mol. The molecule has 5 nitrogen and oxygen atoms in total. The SMILES string of the molecule is Cc1ccncc1CN1CCN(CC(=O)NCc2ccccc2Cl)CC1. The zero-order chi connectivity index (χ0) is 18.4. The molecule has 0 bridgehead atoms. The number of aromatic nitrogens is 1. The molecule has 0 spiro atoms. The first-order chi connectivity index (χ1) is 12.6. The first-order valence-electron chi connectivity index (χ1n) is 8.96. The molecule has 0 radical (unpaired) electrons. The highest BCUT2D eigenvalue weighted by Crippen LogP contribution is 2.14. The number of nitrogens with zero attached hydrogens (tertiary/aromatic N) is 3. The summed E-state index contributed by atoms with van der Waals surface area (Å²) in [4.78, 5) is 21.0. The van der Waals surface area contributed by atoms with Crippen molar-refractivity contribution >= 4 is 17.5 Å². The lowest BCUT2D eigenvalue weighted by Gasteiger charge is -2.34. The average Bonchev–Trinajstić information content (AvgIpc) is 2.64. The Morgan fingerprint density at radius 1 is 1.12 bits per heavy atom. The maximum absolute atomic E-state index is 12.2. The van der Waals surface area contributed by atoms with Gasteiger partial charge in [-0.15, -0.1) is 0 Å². The minimum atomic E-state index is 0.0430. The van der Waals surface area contributed by atoms with Gasteiger partial charge in [-0.25, -0.2) is 0 Å². The number of amides is 1. The van der Waals surface area contributed by atoms with E-state index in [2.05, 4.69) is 33.1 Å². The Morgan fingerprint density at radius 2 is 1.85 bits per heavy atom. The van der Waals surface area contributed by atoms with Crippen LogP contribution in [0.3, 0.4) is 0 Å². The van der Waals surface area contributed by atoms with E-state index in [4.69, 9.17) is 11.6 Å². The molecule has 3 rings (SSSR count). The summed E-state index contributed by atoms with van der Waals surface area (Å²) in [5.74, 6) is 0.0430. The molecule has 26 heavy (non-hydrogen) atoms. The van der Waals surface area contributed by atoms with Crippen LogP contribution in [0.25, 0.3) is 0 Å². The number of carbonyl (C=O) groups excluding carboxylic acids is 1. The standard InChI is InChI=1S/C20H25ClN4O/c1-16-6-7-22-12-18(16)14-24-8-10-25(11-9-24)15-20(26)23-13-17-4-2-3-5-19(17)21/h2-7,12H,8-11,13-15H2,1H3,(H,23,26). The van der Waals surface area contributed by atoms with Gasteiger partial charge in [0.1, 0.15) is 0 Å². The second-order valence-electron chi connectivity index (χ2n) is 6.72. The first kappa shape index (κ1) is 18.8. The number of aryl methyl sites for hydroxylation is 1. The smallest absolute Gasteiger partial charge is 0.234 e. The topological polar surface area (TPSA) is 48.5 Å². The molecule has 6 heteroatoms. The van der Waals surface area contributed by atoms with E-state index in [1.165, 1.54) is 11.1 Å². The molecule has 0 atom stereocenters. The molecule has 138 valence electrons. The van der Waals surface area contributed by atoms with Gasteiger partial charge in [0.2, 0.25) is 5.91 Å². The van der Waals surface area contributed by atoms with Gasteiger partial charge in [0.05, 0.1) is 6.54 Å². The normalized spacial score (nSPS) is 15.8. The molecule has 2 aromatic rings. The zero-order valence-electron chi connectivity index (χ0n) is 15.1. The van der Waals surface area contributed by atoms with Crippen LogP contribution in [0.5, 0.6) is 0 Å². The van der Waals surface area contributed by atoms with Gasteiger partial charge < -0.3 is 5.32 Å². The molecule has 1 saturated heterocycles. The van der Waals surface area contributed by atoms with Gasteiger partial charge in [0.25, 0.3) is 0 Å². The van der Waals surface area contributed by atoms with Crippen LogP contribution in [0, 0.1) is 6.92 Å². The summed E-state index contributed by atoms with van der Waals surface area (Å²) in [6.07, 6.45) is 3.78. The van der Waals surface area contributed by atoms with Crippen LogP contribution in [0.15, 0.2) is 42.7 Å². The van der Waals surface area contributed by atoms with Crippen molar-refractivity contribution in [2.24, 2.45) is 0 Å². The number of hydrogen-bond acceptors (Lipinski definition) is 4. The van der Waals surface area contributed by atoms with Crippen molar-refractivity contribution in [3.63, 3.8) is 0 Å². The second-order valence-corrected chi connectivity index (χ2v) is 7.13. The van der Waals surface area contributed by atoms with Gasteiger partial charge in [-0.1, -0.05) is 29.8 Å². The van der Waals surface area contributed by atoms with Gasteiger partial charge >= 0.3 is 0 Å². The summed E-state index contributed by atoms with van der Waals surface area (Å²) in [6.45, 7) is 7.68. The van der Waals surface area contributed by atoms with Crippen LogP contribution < -0.4 is 5.32 Å². The fourth-order valence-corrected chi connectivity index (χ4v) is 3.31. The Morgan fingerprint density at radius 3 is 2.58 bits per heavy atom. The van der Waals surface area contributed by atoms with Crippen LogP contribution in [0.2, 0.25) is 5.02 Å². The Labute approximate surface area is 160 Å². The number of pyridine rings is 1. The summed E-state index contributed by atoms with van der Waals surface area (Å²) in [7, 11) is 0. The van der Waals surface area contributed by atoms with E-state index in [1.807, 2.05) is 36.7 Å². The third kappa shape index (κ3) is 5.27. The Balaban J connectivity index is 1.40. The predicted molar refractivity (Wildman–Crippen MR) is 104 cm³/mol. The fraction of sp³-hybridized carbons (Fsp3) is 0.400. The Hall–Kier alpha value is -1.95. The first-order valence-corrected chi connectivity index (χ1v) is 9.34. The average molecular weight is 373 g/mol. The Kier molecular flexibility index (Phi) is 6.61. The van der Waals surface area contributed by atoms with Crippen molar-refractivity contribution in [2.75, 3.05) is 32.7 Å². The maximum Gasteiger partial charge on any atom is 0.234 e. The van der Waals surface area contributed by atoms with E-state index in [-0.39, 0.29) is 5.91 Å². The molecule has 1 N–H and O–H groups in total. The largest absolute Gasteiger partial charge is 0.351 e. The quantitative estimate of drug-likeness (QED) is 0.846.